The third kappa shape index (κ3) is 1.10. The van der Waals surface area contributed by atoms with Crippen molar-refractivity contribution in [3.05, 3.63) is 21.9 Å². The van der Waals surface area contributed by atoms with Crippen LogP contribution in [0.3, 0.4) is 0 Å². The van der Waals surface area contributed by atoms with Crippen molar-refractivity contribution in [3.63, 3.8) is 0 Å². The fourth-order valence-electron chi connectivity index (χ4n) is 3.23. The average Bonchev–Trinajstić information content (AvgIpc) is 2.83. The maximum Gasteiger partial charge on any atom is 0.0857 e. The van der Waals surface area contributed by atoms with E-state index >= 15 is 0 Å². The number of aryl methyl sites for hydroxylation is 1. The Labute approximate surface area is 88.8 Å². The first-order valence-corrected chi connectivity index (χ1v) is 6.44. The third-order valence-electron chi connectivity index (χ3n) is 4.10. The molecule has 2 aliphatic carbocycles. The normalized spacial score (nSPS) is 29.4. The maximum atomic E-state index is 10.4. The lowest BCUT2D eigenvalue weighted by Gasteiger charge is -2.38. The standard InChI is InChI=1S/C12H16OS/c13-11-9-4-8-14-10(9)3-7-12(11)5-1-2-6-12/h4,8,11,13H,1-3,5-7H2. The predicted octanol–water partition coefficient (Wildman–Crippen LogP) is 3.29. The highest BCUT2D eigenvalue weighted by atomic mass is 32.1. The van der Waals surface area contributed by atoms with Crippen LogP contribution >= 0.6 is 11.3 Å². The molecule has 1 atom stereocenters. The number of fused-ring (bicyclic) bond motifs is 1. The van der Waals surface area contributed by atoms with Crippen molar-refractivity contribution in [1.29, 1.82) is 0 Å². The van der Waals surface area contributed by atoms with Crippen molar-refractivity contribution in [3.8, 4) is 0 Å². The van der Waals surface area contributed by atoms with Crippen molar-refractivity contribution in [2.45, 2.75) is 44.6 Å². The second kappa shape index (κ2) is 3.07. The van der Waals surface area contributed by atoms with Crippen LogP contribution in [0.2, 0.25) is 0 Å². The van der Waals surface area contributed by atoms with Crippen molar-refractivity contribution in [1.82, 2.24) is 0 Å². The minimum absolute atomic E-state index is 0.167. The summed E-state index contributed by atoms with van der Waals surface area (Å²) in [5.74, 6) is 0. The van der Waals surface area contributed by atoms with E-state index in [0.29, 0.717) is 0 Å². The fourth-order valence-corrected chi connectivity index (χ4v) is 4.14. The van der Waals surface area contributed by atoms with Crippen LogP contribution < -0.4 is 0 Å². The first-order chi connectivity index (χ1) is 6.82. The largest absolute Gasteiger partial charge is 0.388 e. The van der Waals surface area contributed by atoms with Gasteiger partial charge >= 0.3 is 0 Å². The molecule has 1 aromatic rings. The van der Waals surface area contributed by atoms with Crippen LogP contribution in [0.1, 0.15) is 48.6 Å². The van der Waals surface area contributed by atoms with Crippen molar-refractivity contribution in [2.24, 2.45) is 5.41 Å². The fraction of sp³-hybridized carbons (Fsp3) is 0.667. The number of thiophene rings is 1. The molecule has 2 heteroatoms. The van der Waals surface area contributed by atoms with Gasteiger partial charge in [-0.25, -0.2) is 0 Å². The molecule has 1 fully saturated rings. The zero-order chi connectivity index (χ0) is 9.60. The molecule has 1 aromatic heterocycles. The Morgan fingerprint density at radius 3 is 2.86 bits per heavy atom. The summed E-state index contributed by atoms with van der Waals surface area (Å²) in [7, 11) is 0. The number of aliphatic hydroxyl groups excluding tert-OH is 1. The Kier molecular flexibility index (Phi) is 1.96. The summed E-state index contributed by atoms with van der Waals surface area (Å²) in [6.45, 7) is 0. The maximum absolute atomic E-state index is 10.4. The molecule has 1 unspecified atom stereocenters. The number of hydrogen-bond acceptors (Lipinski definition) is 2. The zero-order valence-electron chi connectivity index (χ0n) is 8.33. The molecule has 0 aliphatic heterocycles. The van der Waals surface area contributed by atoms with E-state index in [4.69, 9.17) is 0 Å². The lowest BCUT2D eigenvalue weighted by Crippen LogP contribution is -2.30. The summed E-state index contributed by atoms with van der Waals surface area (Å²) in [6.07, 6.45) is 7.35. The summed E-state index contributed by atoms with van der Waals surface area (Å²) >= 11 is 1.81. The van der Waals surface area contributed by atoms with Gasteiger partial charge < -0.3 is 5.11 Å². The summed E-state index contributed by atoms with van der Waals surface area (Å²) < 4.78 is 0. The molecule has 1 heterocycles. The average molecular weight is 208 g/mol. The molecular formula is C12H16OS. The Bertz CT molecular complexity index is 336. The van der Waals surface area contributed by atoms with Crippen molar-refractivity contribution < 1.29 is 5.11 Å². The van der Waals surface area contributed by atoms with Gasteiger partial charge in [0.05, 0.1) is 6.10 Å². The summed E-state index contributed by atoms with van der Waals surface area (Å²) in [6, 6.07) is 2.13. The molecular weight excluding hydrogens is 192 g/mol. The highest BCUT2D eigenvalue weighted by Crippen LogP contribution is 2.54. The number of hydrogen-bond donors (Lipinski definition) is 1. The van der Waals surface area contributed by atoms with Gasteiger partial charge in [-0.15, -0.1) is 11.3 Å². The smallest absolute Gasteiger partial charge is 0.0857 e. The quantitative estimate of drug-likeness (QED) is 0.693. The summed E-state index contributed by atoms with van der Waals surface area (Å²) in [4.78, 5) is 1.43. The van der Waals surface area contributed by atoms with Crippen LogP contribution in [-0.4, -0.2) is 5.11 Å². The molecule has 14 heavy (non-hydrogen) atoms. The molecule has 1 nitrogen and oxygen atoms in total. The molecule has 1 spiro atoms. The van der Waals surface area contributed by atoms with Crippen LogP contribution in [-0.2, 0) is 6.42 Å². The van der Waals surface area contributed by atoms with Gasteiger partial charge in [0.1, 0.15) is 0 Å². The first kappa shape index (κ1) is 8.93. The van der Waals surface area contributed by atoms with Crippen LogP contribution in [0, 0.1) is 5.41 Å². The predicted molar refractivity (Wildman–Crippen MR) is 58.5 cm³/mol. The molecule has 1 saturated carbocycles. The van der Waals surface area contributed by atoms with Crippen molar-refractivity contribution in [2.75, 3.05) is 0 Å². The summed E-state index contributed by atoms with van der Waals surface area (Å²) in [5, 5.41) is 12.5. The number of aliphatic hydroxyl groups is 1. The molecule has 0 radical (unpaired) electrons. The van der Waals surface area contributed by atoms with E-state index in [9.17, 15) is 5.11 Å². The molecule has 0 bridgehead atoms. The Balaban J connectivity index is 2.00. The lowest BCUT2D eigenvalue weighted by atomic mass is 9.70. The second-order valence-corrected chi connectivity index (χ2v) is 5.77. The lowest BCUT2D eigenvalue weighted by molar-refractivity contribution is 0.0123. The Morgan fingerprint density at radius 1 is 1.29 bits per heavy atom. The van der Waals surface area contributed by atoms with Gasteiger partial charge in [-0.2, -0.15) is 0 Å². The highest BCUT2D eigenvalue weighted by molar-refractivity contribution is 7.10. The molecule has 0 amide bonds. The monoisotopic (exact) mass is 208 g/mol. The van der Waals surface area contributed by atoms with Crippen molar-refractivity contribution >= 4 is 11.3 Å². The van der Waals surface area contributed by atoms with Gasteiger partial charge in [-0.1, -0.05) is 12.8 Å². The van der Waals surface area contributed by atoms with E-state index in [1.54, 1.807) is 0 Å². The van der Waals surface area contributed by atoms with Gasteiger partial charge in [0.25, 0.3) is 0 Å². The van der Waals surface area contributed by atoms with Gasteiger partial charge in [-0.05, 0) is 42.7 Å². The molecule has 3 rings (SSSR count). The molecule has 1 N–H and O–H groups in total. The highest BCUT2D eigenvalue weighted by Gasteiger charge is 2.44. The minimum Gasteiger partial charge on any atom is -0.388 e. The van der Waals surface area contributed by atoms with Gasteiger partial charge in [0.2, 0.25) is 0 Å². The summed E-state index contributed by atoms with van der Waals surface area (Å²) in [5.41, 5.74) is 1.50. The molecule has 0 saturated heterocycles. The first-order valence-electron chi connectivity index (χ1n) is 5.56. The molecule has 0 aromatic carbocycles. The topological polar surface area (TPSA) is 20.2 Å². The Hall–Kier alpha value is -0.340. The zero-order valence-corrected chi connectivity index (χ0v) is 9.15. The van der Waals surface area contributed by atoms with E-state index in [1.165, 1.54) is 49.0 Å². The van der Waals surface area contributed by atoms with Gasteiger partial charge in [0.15, 0.2) is 0 Å². The second-order valence-electron chi connectivity index (χ2n) is 4.77. The molecule has 76 valence electrons. The van der Waals surface area contributed by atoms with Gasteiger partial charge in [0, 0.05) is 10.3 Å². The Morgan fingerprint density at radius 2 is 2.07 bits per heavy atom. The SMILES string of the molecule is OC1c2ccsc2CCC12CCCC2. The van der Waals surface area contributed by atoms with E-state index in [1.807, 2.05) is 11.3 Å². The van der Waals surface area contributed by atoms with Crippen LogP contribution in [0.4, 0.5) is 0 Å². The minimum atomic E-state index is -0.167. The van der Waals surface area contributed by atoms with E-state index in [0.717, 1.165) is 0 Å². The number of rotatable bonds is 0. The van der Waals surface area contributed by atoms with Crippen LogP contribution in [0.15, 0.2) is 11.4 Å². The van der Waals surface area contributed by atoms with Crippen LogP contribution in [0.25, 0.3) is 0 Å². The molecule has 2 aliphatic rings. The van der Waals surface area contributed by atoms with E-state index < -0.39 is 0 Å². The van der Waals surface area contributed by atoms with E-state index in [-0.39, 0.29) is 11.5 Å². The van der Waals surface area contributed by atoms with Gasteiger partial charge in [-0.3, -0.25) is 0 Å². The van der Waals surface area contributed by atoms with E-state index in [2.05, 4.69) is 11.4 Å². The third-order valence-corrected chi connectivity index (χ3v) is 5.10. The van der Waals surface area contributed by atoms with Crippen LogP contribution in [0.5, 0.6) is 0 Å².